The first-order chi connectivity index (χ1) is 11.6. The van der Waals surface area contributed by atoms with Gasteiger partial charge in [0.05, 0.1) is 23.1 Å². The number of carboxylic acid groups (broad SMARTS) is 1. The first kappa shape index (κ1) is 15.6. The first-order valence-electron chi connectivity index (χ1n) is 6.93. The Balaban J connectivity index is 2.10. The molecule has 24 heavy (non-hydrogen) atoms. The second-order valence-electron chi connectivity index (χ2n) is 4.89. The monoisotopic (exact) mass is 338 g/mol. The van der Waals surface area contributed by atoms with Gasteiger partial charge in [-0.05, 0) is 30.3 Å². The molecule has 0 amide bonds. The Kier molecular flexibility index (Phi) is 4.18. The van der Waals surface area contributed by atoms with E-state index in [0.717, 1.165) is 0 Å². The van der Waals surface area contributed by atoms with Crippen molar-refractivity contribution in [3.05, 3.63) is 70.9 Å². The number of carbonyl (C=O) groups is 1. The Hall–Kier alpha value is -3.30. The molecule has 1 heterocycles. The summed E-state index contributed by atoms with van der Waals surface area (Å²) in [4.78, 5) is 11.4. The standard InChI is InChI=1S/C17H11ClN4O2/c18-12-4-3-5-13(8-12)22-16(11(9-19)10-20-22)21-15-7-2-1-6-14(15)17(23)24/h1-8,10,21H,(H,23,24). The van der Waals surface area contributed by atoms with Crippen LogP contribution in [-0.4, -0.2) is 20.9 Å². The Morgan fingerprint density at radius 2 is 2.04 bits per heavy atom. The van der Waals surface area contributed by atoms with E-state index in [2.05, 4.69) is 10.4 Å². The molecule has 0 unspecified atom stereocenters. The summed E-state index contributed by atoms with van der Waals surface area (Å²) in [7, 11) is 0. The van der Waals surface area contributed by atoms with E-state index < -0.39 is 5.97 Å². The van der Waals surface area contributed by atoms with E-state index in [0.29, 0.717) is 22.2 Å². The van der Waals surface area contributed by atoms with Crippen LogP contribution in [0.4, 0.5) is 11.5 Å². The van der Waals surface area contributed by atoms with Crippen molar-refractivity contribution in [2.24, 2.45) is 0 Å². The smallest absolute Gasteiger partial charge is 0.337 e. The molecule has 0 aliphatic rings. The van der Waals surface area contributed by atoms with Gasteiger partial charge in [0.2, 0.25) is 0 Å². The zero-order chi connectivity index (χ0) is 17.1. The fourth-order valence-corrected chi connectivity index (χ4v) is 2.44. The molecular weight excluding hydrogens is 328 g/mol. The summed E-state index contributed by atoms with van der Waals surface area (Å²) in [6, 6.07) is 15.5. The van der Waals surface area contributed by atoms with Gasteiger partial charge in [0.15, 0.2) is 5.82 Å². The maximum atomic E-state index is 11.4. The van der Waals surface area contributed by atoms with Crippen molar-refractivity contribution in [1.82, 2.24) is 9.78 Å². The van der Waals surface area contributed by atoms with Crippen LogP contribution in [0.15, 0.2) is 54.7 Å². The molecule has 0 atom stereocenters. The summed E-state index contributed by atoms with van der Waals surface area (Å²) in [5.74, 6) is -0.695. The molecule has 7 heteroatoms. The number of hydrogen-bond acceptors (Lipinski definition) is 4. The summed E-state index contributed by atoms with van der Waals surface area (Å²) in [5, 5.41) is 26.3. The lowest BCUT2D eigenvalue weighted by Gasteiger charge is -2.12. The highest BCUT2D eigenvalue weighted by atomic mass is 35.5. The predicted molar refractivity (Wildman–Crippen MR) is 90.0 cm³/mol. The summed E-state index contributed by atoms with van der Waals surface area (Å²) < 4.78 is 1.50. The molecule has 2 aromatic carbocycles. The van der Waals surface area contributed by atoms with Gasteiger partial charge in [-0.2, -0.15) is 10.4 Å². The van der Waals surface area contributed by atoms with E-state index in [-0.39, 0.29) is 11.1 Å². The Morgan fingerprint density at radius 3 is 2.75 bits per heavy atom. The molecule has 1 aromatic heterocycles. The highest BCUT2D eigenvalue weighted by molar-refractivity contribution is 6.30. The highest BCUT2D eigenvalue weighted by Crippen LogP contribution is 2.27. The van der Waals surface area contributed by atoms with Crippen molar-refractivity contribution >= 4 is 29.1 Å². The molecule has 3 aromatic rings. The number of nitrogens with one attached hydrogen (secondary N) is 1. The molecule has 0 aliphatic carbocycles. The number of benzene rings is 2. The third-order valence-electron chi connectivity index (χ3n) is 3.35. The number of halogens is 1. The number of anilines is 2. The fraction of sp³-hybridized carbons (Fsp3) is 0. The van der Waals surface area contributed by atoms with E-state index in [9.17, 15) is 15.2 Å². The second-order valence-corrected chi connectivity index (χ2v) is 5.32. The van der Waals surface area contributed by atoms with Crippen LogP contribution in [0, 0.1) is 11.3 Å². The lowest BCUT2D eigenvalue weighted by molar-refractivity contribution is 0.0698. The van der Waals surface area contributed by atoms with Gasteiger partial charge in [-0.1, -0.05) is 29.8 Å². The molecule has 0 radical (unpaired) electrons. The number of nitrogens with zero attached hydrogens (tertiary/aromatic N) is 3. The average Bonchev–Trinajstić information content (AvgIpc) is 2.98. The molecule has 3 rings (SSSR count). The van der Waals surface area contributed by atoms with Gasteiger partial charge in [-0.3, -0.25) is 0 Å². The summed E-state index contributed by atoms with van der Waals surface area (Å²) in [5.41, 5.74) is 1.40. The minimum Gasteiger partial charge on any atom is -0.478 e. The van der Waals surface area contributed by atoms with E-state index in [1.807, 2.05) is 6.07 Å². The minimum absolute atomic E-state index is 0.0974. The Labute approximate surface area is 142 Å². The van der Waals surface area contributed by atoms with Gasteiger partial charge in [-0.25, -0.2) is 9.48 Å². The third-order valence-corrected chi connectivity index (χ3v) is 3.59. The molecule has 2 N–H and O–H groups in total. The van der Waals surface area contributed by atoms with E-state index in [4.69, 9.17) is 11.6 Å². The fourth-order valence-electron chi connectivity index (χ4n) is 2.26. The number of rotatable bonds is 4. The summed E-state index contributed by atoms with van der Waals surface area (Å²) in [6.45, 7) is 0. The number of aromatic carboxylic acids is 1. The van der Waals surface area contributed by atoms with Crippen molar-refractivity contribution < 1.29 is 9.90 Å². The number of aromatic nitrogens is 2. The minimum atomic E-state index is -1.06. The average molecular weight is 339 g/mol. The Bertz CT molecular complexity index is 959. The largest absolute Gasteiger partial charge is 0.478 e. The number of para-hydroxylation sites is 1. The molecule has 118 valence electrons. The van der Waals surface area contributed by atoms with E-state index >= 15 is 0 Å². The van der Waals surface area contributed by atoms with E-state index in [1.54, 1.807) is 42.5 Å². The molecule has 0 saturated carbocycles. The van der Waals surface area contributed by atoms with Crippen LogP contribution in [0.1, 0.15) is 15.9 Å². The van der Waals surface area contributed by atoms with Gasteiger partial charge in [-0.15, -0.1) is 0 Å². The van der Waals surface area contributed by atoms with Crippen LogP contribution >= 0.6 is 11.6 Å². The SMILES string of the molecule is N#Cc1cnn(-c2cccc(Cl)c2)c1Nc1ccccc1C(=O)O. The molecule has 0 aliphatic heterocycles. The zero-order valence-corrected chi connectivity index (χ0v) is 13.0. The van der Waals surface area contributed by atoms with Gasteiger partial charge in [0.25, 0.3) is 0 Å². The summed E-state index contributed by atoms with van der Waals surface area (Å²) in [6.07, 6.45) is 1.41. The maximum absolute atomic E-state index is 11.4. The first-order valence-corrected chi connectivity index (χ1v) is 7.31. The number of nitriles is 1. The quantitative estimate of drug-likeness (QED) is 0.754. The van der Waals surface area contributed by atoms with Crippen LogP contribution in [0.3, 0.4) is 0 Å². The molecule has 0 saturated heterocycles. The van der Waals surface area contributed by atoms with Crippen LogP contribution in [0.5, 0.6) is 0 Å². The number of hydrogen-bond donors (Lipinski definition) is 2. The second kappa shape index (κ2) is 6.44. The molecule has 0 bridgehead atoms. The van der Waals surface area contributed by atoms with Crippen molar-refractivity contribution in [3.8, 4) is 11.8 Å². The van der Waals surface area contributed by atoms with Crippen molar-refractivity contribution in [2.75, 3.05) is 5.32 Å². The molecule has 6 nitrogen and oxygen atoms in total. The Morgan fingerprint density at radius 1 is 1.25 bits per heavy atom. The lowest BCUT2D eigenvalue weighted by Crippen LogP contribution is -2.07. The van der Waals surface area contributed by atoms with Crippen LogP contribution in [0.25, 0.3) is 5.69 Å². The topological polar surface area (TPSA) is 90.9 Å². The highest BCUT2D eigenvalue weighted by Gasteiger charge is 2.16. The molecule has 0 spiro atoms. The number of carboxylic acids is 1. The van der Waals surface area contributed by atoms with Crippen LogP contribution in [0.2, 0.25) is 5.02 Å². The van der Waals surface area contributed by atoms with Crippen molar-refractivity contribution in [1.29, 1.82) is 5.26 Å². The van der Waals surface area contributed by atoms with Crippen molar-refractivity contribution in [2.45, 2.75) is 0 Å². The van der Waals surface area contributed by atoms with E-state index in [1.165, 1.54) is 16.9 Å². The predicted octanol–water partition coefficient (Wildman–Crippen LogP) is 3.84. The third kappa shape index (κ3) is 2.93. The van der Waals surface area contributed by atoms with Crippen LogP contribution < -0.4 is 5.32 Å². The summed E-state index contributed by atoms with van der Waals surface area (Å²) >= 11 is 6.01. The molecular formula is C17H11ClN4O2. The molecule has 0 fully saturated rings. The van der Waals surface area contributed by atoms with Gasteiger partial charge < -0.3 is 10.4 Å². The lowest BCUT2D eigenvalue weighted by atomic mass is 10.1. The van der Waals surface area contributed by atoms with Crippen LogP contribution in [-0.2, 0) is 0 Å². The normalized spacial score (nSPS) is 10.2. The zero-order valence-electron chi connectivity index (χ0n) is 12.3. The maximum Gasteiger partial charge on any atom is 0.337 e. The van der Waals surface area contributed by atoms with Gasteiger partial charge in [0.1, 0.15) is 11.6 Å². The van der Waals surface area contributed by atoms with Gasteiger partial charge >= 0.3 is 5.97 Å². The van der Waals surface area contributed by atoms with Gasteiger partial charge in [0, 0.05) is 5.02 Å². The van der Waals surface area contributed by atoms with Crippen molar-refractivity contribution in [3.63, 3.8) is 0 Å².